The van der Waals surface area contributed by atoms with Crippen LogP contribution in [0.1, 0.15) is 0 Å². The van der Waals surface area contributed by atoms with Crippen molar-refractivity contribution >= 4 is 22.5 Å². The number of hydrogen-bond acceptors (Lipinski definition) is 2. The Bertz CT molecular complexity index is 759. The minimum absolute atomic E-state index is 0.233. The average molecular weight is 300 g/mol. The lowest BCUT2D eigenvalue weighted by Crippen LogP contribution is -2.04. The molecule has 1 aliphatic rings. The molecule has 2 aromatic carbocycles. The molecule has 1 atom stereocenters. The third-order valence-corrected chi connectivity index (χ3v) is 3.82. The van der Waals surface area contributed by atoms with Crippen LogP contribution < -0.4 is 4.74 Å². The molecule has 0 amide bonds. The molecule has 0 aliphatic carbocycles. The molecule has 4 rings (SSSR count). The van der Waals surface area contributed by atoms with E-state index in [2.05, 4.69) is 23.2 Å². The third-order valence-electron chi connectivity index (χ3n) is 3.59. The summed E-state index contributed by atoms with van der Waals surface area (Å²) in [6.07, 6.45) is 0.233. The van der Waals surface area contributed by atoms with Crippen molar-refractivity contribution in [2.75, 3.05) is 13.2 Å². The van der Waals surface area contributed by atoms with Crippen molar-refractivity contribution in [1.29, 1.82) is 0 Å². The minimum Gasteiger partial charge on any atom is -0.490 e. The van der Waals surface area contributed by atoms with Gasteiger partial charge >= 0.3 is 0 Å². The molecule has 0 bridgehead atoms. The zero-order chi connectivity index (χ0) is 14.2. The second kappa shape index (κ2) is 5.10. The van der Waals surface area contributed by atoms with Crippen molar-refractivity contribution < 1.29 is 9.47 Å². The summed E-state index contributed by atoms with van der Waals surface area (Å²) in [5, 5.41) is 1.86. The van der Waals surface area contributed by atoms with E-state index in [4.69, 9.17) is 21.1 Å². The Balaban J connectivity index is 1.75. The van der Waals surface area contributed by atoms with E-state index >= 15 is 0 Å². The van der Waals surface area contributed by atoms with E-state index in [1.807, 2.05) is 30.3 Å². The van der Waals surface area contributed by atoms with Crippen LogP contribution >= 0.6 is 11.6 Å². The zero-order valence-electron chi connectivity index (χ0n) is 11.3. The van der Waals surface area contributed by atoms with Gasteiger partial charge in [0.2, 0.25) is 0 Å². The first-order valence-corrected chi connectivity index (χ1v) is 7.29. The normalized spacial score (nSPS) is 17.1. The first kappa shape index (κ1) is 12.7. The van der Waals surface area contributed by atoms with Gasteiger partial charge in [0.05, 0.1) is 12.3 Å². The standard InChI is InChI=1S/C17H14ClNO2/c18-12-5-6-17(21-10-13-9-20-13)14(8-12)16-7-11-3-1-2-4-15(11)19-16/h1-8,13,19H,9-10H2. The van der Waals surface area contributed by atoms with Crippen LogP contribution in [0.3, 0.4) is 0 Å². The van der Waals surface area contributed by atoms with E-state index in [0.717, 1.165) is 29.1 Å². The quantitative estimate of drug-likeness (QED) is 0.731. The highest BCUT2D eigenvalue weighted by Crippen LogP contribution is 2.34. The number of hydrogen-bond donors (Lipinski definition) is 1. The molecule has 3 nitrogen and oxygen atoms in total. The van der Waals surface area contributed by atoms with E-state index in [-0.39, 0.29) is 6.10 Å². The Hall–Kier alpha value is -1.97. The molecule has 1 aliphatic heterocycles. The zero-order valence-corrected chi connectivity index (χ0v) is 12.1. The van der Waals surface area contributed by atoms with Crippen molar-refractivity contribution in [2.24, 2.45) is 0 Å². The number of ether oxygens (including phenoxy) is 2. The van der Waals surface area contributed by atoms with Gasteiger partial charge in [0, 0.05) is 21.5 Å². The predicted molar refractivity (Wildman–Crippen MR) is 84.0 cm³/mol. The Kier molecular flexibility index (Phi) is 3.09. The van der Waals surface area contributed by atoms with Gasteiger partial charge in [-0.25, -0.2) is 0 Å². The molecule has 1 unspecified atom stereocenters. The van der Waals surface area contributed by atoms with Crippen molar-refractivity contribution in [3.8, 4) is 17.0 Å². The van der Waals surface area contributed by atoms with Gasteiger partial charge in [-0.2, -0.15) is 0 Å². The number of benzene rings is 2. The van der Waals surface area contributed by atoms with Crippen molar-refractivity contribution in [2.45, 2.75) is 6.10 Å². The van der Waals surface area contributed by atoms with Crippen LogP contribution in [0, 0.1) is 0 Å². The van der Waals surface area contributed by atoms with Crippen LogP contribution in [-0.2, 0) is 4.74 Å². The second-order valence-corrected chi connectivity index (χ2v) is 5.61. The molecule has 1 aromatic heterocycles. The summed E-state index contributed by atoms with van der Waals surface area (Å²) < 4.78 is 11.1. The van der Waals surface area contributed by atoms with Crippen LogP contribution in [0.25, 0.3) is 22.2 Å². The van der Waals surface area contributed by atoms with Gasteiger partial charge in [0.1, 0.15) is 18.5 Å². The van der Waals surface area contributed by atoms with Gasteiger partial charge in [-0.3, -0.25) is 0 Å². The molecule has 0 spiro atoms. The highest BCUT2D eigenvalue weighted by molar-refractivity contribution is 6.31. The molecule has 4 heteroatoms. The van der Waals surface area contributed by atoms with E-state index in [1.165, 1.54) is 5.39 Å². The van der Waals surface area contributed by atoms with Crippen LogP contribution in [0.4, 0.5) is 0 Å². The summed E-state index contributed by atoms with van der Waals surface area (Å²) in [5.74, 6) is 0.821. The summed E-state index contributed by atoms with van der Waals surface area (Å²) in [4.78, 5) is 3.41. The number of epoxide rings is 1. The highest BCUT2D eigenvalue weighted by Gasteiger charge is 2.23. The Morgan fingerprint density at radius 3 is 2.86 bits per heavy atom. The molecule has 106 valence electrons. The fraction of sp³-hybridized carbons (Fsp3) is 0.176. The topological polar surface area (TPSA) is 37.5 Å². The number of fused-ring (bicyclic) bond motifs is 1. The Morgan fingerprint density at radius 1 is 1.19 bits per heavy atom. The smallest absolute Gasteiger partial charge is 0.128 e. The van der Waals surface area contributed by atoms with Crippen LogP contribution in [0.5, 0.6) is 5.75 Å². The fourth-order valence-corrected chi connectivity index (χ4v) is 2.58. The number of halogens is 1. The molecular formula is C17H14ClNO2. The molecule has 3 aromatic rings. The summed E-state index contributed by atoms with van der Waals surface area (Å²) in [7, 11) is 0. The average Bonchev–Trinajstić information content (AvgIpc) is 3.22. The molecule has 1 saturated heterocycles. The summed E-state index contributed by atoms with van der Waals surface area (Å²) in [6.45, 7) is 1.37. The minimum atomic E-state index is 0.233. The molecule has 21 heavy (non-hydrogen) atoms. The van der Waals surface area contributed by atoms with Crippen molar-refractivity contribution in [3.63, 3.8) is 0 Å². The van der Waals surface area contributed by atoms with E-state index in [0.29, 0.717) is 11.6 Å². The maximum Gasteiger partial charge on any atom is 0.128 e. The number of nitrogens with one attached hydrogen (secondary N) is 1. The predicted octanol–water partition coefficient (Wildman–Crippen LogP) is 4.27. The molecule has 1 N–H and O–H groups in total. The number of aromatic nitrogens is 1. The number of aromatic amines is 1. The Morgan fingerprint density at radius 2 is 2.05 bits per heavy atom. The maximum absolute atomic E-state index is 6.15. The fourth-order valence-electron chi connectivity index (χ4n) is 2.40. The lowest BCUT2D eigenvalue weighted by Gasteiger charge is -2.10. The number of para-hydroxylation sites is 1. The van der Waals surface area contributed by atoms with Crippen molar-refractivity contribution in [1.82, 2.24) is 4.98 Å². The lowest BCUT2D eigenvalue weighted by molar-refractivity contribution is 0.264. The van der Waals surface area contributed by atoms with Gasteiger partial charge < -0.3 is 14.5 Å². The van der Waals surface area contributed by atoms with Crippen LogP contribution in [0.2, 0.25) is 5.02 Å². The lowest BCUT2D eigenvalue weighted by atomic mass is 10.1. The largest absolute Gasteiger partial charge is 0.490 e. The van der Waals surface area contributed by atoms with E-state index in [9.17, 15) is 0 Å². The molecule has 2 heterocycles. The van der Waals surface area contributed by atoms with Gasteiger partial charge in [0.15, 0.2) is 0 Å². The van der Waals surface area contributed by atoms with Gasteiger partial charge in [-0.05, 0) is 30.3 Å². The summed E-state index contributed by atoms with van der Waals surface area (Å²) in [5.41, 5.74) is 3.08. The molecule has 0 radical (unpaired) electrons. The molecule has 1 fully saturated rings. The SMILES string of the molecule is Clc1ccc(OCC2CO2)c(-c2cc3ccccc3[nH]2)c1. The Labute approximate surface area is 127 Å². The van der Waals surface area contributed by atoms with Crippen LogP contribution in [-0.4, -0.2) is 24.3 Å². The highest BCUT2D eigenvalue weighted by atomic mass is 35.5. The number of rotatable bonds is 4. The monoisotopic (exact) mass is 299 g/mol. The first-order valence-electron chi connectivity index (χ1n) is 6.92. The molecular weight excluding hydrogens is 286 g/mol. The third kappa shape index (κ3) is 2.62. The summed E-state index contributed by atoms with van der Waals surface area (Å²) >= 11 is 6.15. The maximum atomic E-state index is 6.15. The van der Waals surface area contributed by atoms with Gasteiger partial charge in [-0.1, -0.05) is 29.8 Å². The van der Waals surface area contributed by atoms with Gasteiger partial charge in [-0.15, -0.1) is 0 Å². The first-order chi connectivity index (χ1) is 10.3. The van der Waals surface area contributed by atoms with Crippen molar-refractivity contribution in [3.05, 3.63) is 53.6 Å². The van der Waals surface area contributed by atoms with Gasteiger partial charge in [0.25, 0.3) is 0 Å². The van der Waals surface area contributed by atoms with E-state index in [1.54, 1.807) is 0 Å². The summed E-state index contributed by atoms with van der Waals surface area (Å²) in [6, 6.07) is 16.0. The van der Waals surface area contributed by atoms with Crippen LogP contribution in [0.15, 0.2) is 48.5 Å². The molecule has 0 saturated carbocycles. The van der Waals surface area contributed by atoms with E-state index < -0.39 is 0 Å². The second-order valence-electron chi connectivity index (χ2n) is 5.18. The number of H-pyrrole nitrogens is 1.